The fourth-order valence-electron chi connectivity index (χ4n) is 1.56. The number of halogens is 2. The molecule has 0 aliphatic carbocycles. The first-order valence-corrected chi connectivity index (χ1v) is 7.62. The van der Waals surface area contributed by atoms with Crippen molar-refractivity contribution >= 4 is 45.3 Å². The molecule has 0 saturated carbocycles. The Morgan fingerprint density at radius 2 is 2.00 bits per heavy atom. The minimum absolute atomic E-state index is 0.306. The molecule has 0 atom stereocenters. The monoisotopic (exact) mass is 356 g/mol. The molecule has 5 heteroatoms. The Labute approximate surface area is 128 Å². The Kier molecular flexibility index (Phi) is 4.91. The Balaban J connectivity index is 2.22. The van der Waals surface area contributed by atoms with Crippen LogP contribution >= 0.6 is 39.3 Å². The lowest BCUT2D eigenvalue weighted by Gasteiger charge is -2.07. The summed E-state index contributed by atoms with van der Waals surface area (Å²) in [4.78, 5) is 11.9. The van der Waals surface area contributed by atoms with Crippen LogP contribution in [0.2, 0.25) is 5.02 Å². The standard InChI is InChI=1S/C14H10BrClO2S/c15-10-5-6-11(14(17)18)13(7-10)19-8-9-3-1-2-4-12(9)16/h1-7H,8H2,(H,17,18). The summed E-state index contributed by atoms with van der Waals surface area (Å²) in [5, 5.41) is 9.85. The Hall–Kier alpha value is -0.970. The largest absolute Gasteiger partial charge is 0.478 e. The highest BCUT2D eigenvalue weighted by atomic mass is 79.9. The second-order valence-corrected chi connectivity index (χ2v) is 6.17. The van der Waals surface area contributed by atoms with E-state index < -0.39 is 5.97 Å². The molecule has 0 radical (unpaired) electrons. The van der Waals surface area contributed by atoms with E-state index in [0.29, 0.717) is 16.3 Å². The van der Waals surface area contributed by atoms with Crippen molar-refractivity contribution in [2.45, 2.75) is 10.6 Å². The van der Waals surface area contributed by atoms with E-state index in [1.54, 1.807) is 12.1 Å². The van der Waals surface area contributed by atoms with Gasteiger partial charge in [-0.3, -0.25) is 0 Å². The summed E-state index contributed by atoms with van der Waals surface area (Å²) in [6.07, 6.45) is 0. The highest BCUT2D eigenvalue weighted by molar-refractivity contribution is 9.10. The van der Waals surface area contributed by atoms with Crippen molar-refractivity contribution in [3.8, 4) is 0 Å². The average molecular weight is 358 g/mol. The van der Waals surface area contributed by atoms with E-state index in [2.05, 4.69) is 15.9 Å². The summed E-state index contributed by atoms with van der Waals surface area (Å²) < 4.78 is 0.860. The molecule has 2 nitrogen and oxygen atoms in total. The molecule has 0 heterocycles. The fraction of sp³-hybridized carbons (Fsp3) is 0.0714. The minimum Gasteiger partial charge on any atom is -0.478 e. The molecule has 2 aromatic rings. The van der Waals surface area contributed by atoms with Crippen LogP contribution in [0.3, 0.4) is 0 Å². The van der Waals surface area contributed by atoms with Gasteiger partial charge in [0.15, 0.2) is 0 Å². The van der Waals surface area contributed by atoms with Crippen LogP contribution < -0.4 is 0 Å². The van der Waals surface area contributed by atoms with Crippen LogP contribution in [0.4, 0.5) is 0 Å². The lowest BCUT2D eigenvalue weighted by Crippen LogP contribution is -1.98. The molecule has 0 saturated heterocycles. The van der Waals surface area contributed by atoms with Gasteiger partial charge in [0.25, 0.3) is 0 Å². The topological polar surface area (TPSA) is 37.3 Å². The van der Waals surface area contributed by atoms with Crippen LogP contribution in [0.5, 0.6) is 0 Å². The smallest absolute Gasteiger partial charge is 0.336 e. The maximum atomic E-state index is 11.2. The number of carbonyl (C=O) groups is 1. The number of hydrogen-bond donors (Lipinski definition) is 1. The number of carboxylic acids is 1. The van der Waals surface area contributed by atoms with E-state index in [1.807, 2.05) is 30.3 Å². The van der Waals surface area contributed by atoms with Crippen molar-refractivity contribution in [1.82, 2.24) is 0 Å². The van der Waals surface area contributed by atoms with Gasteiger partial charge < -0.3 is 5.11 Å². The molecule has 1 N–H and O–H groups in total. The van der Waals surface area contributed by atoms with Crippen molar-refractivity contribution < 1.29 is 9.90 Å². The predicted molar refractivity (Wildman–Crippen MR) is 82.1 cm³/mol. The number of benzene rings is 2. The molecule has 0 bridgehead atoms. The second kappa shape index (κ2) is 6.46. The first kappa shape index (κ1) is 14.4. The molecule has 0 spiro atoms. The first-order valence-electron chi connectivity index (χ1n) is 5.47. The van der Waals surface area contributed by atoms with Gasteiger partial charge in [0.05, 0.1) is 5.56 Å². The van der Waals surface area contributed by atoms with Gasteiger partial charge in [0, 0.05) is 20.1 Å². The van der Waals surface area contributed by atoms with Crippen LogP contribution in [-0.4, -0.2) is 11.1 Å². The van der Waals surface area contributed by atoms with Gasteiger partial charge in [-0.05, 0) is 29.8 Å². The van der Waals surface area contributed by atoms with E-state index in [0.717, 1.165) is 14.9 Å². The maximum Gasteiger partial charge on any atom is 0.336 e. The van der Waals surface area contributed by atoms with Crippen molar-refractivity contribution in [2.75, 3.05) is 0 Å². The van der Waals surface area contributed by atoms with E-state index in [9.17, 15) is 4.79 Å². The summed E-state index contributed by atoms with van der Waals surface area (Å²) in [5.41, 5.74) is 1.30. The van der Waals surface area contributed by atoms with Crippen molar-refractivity contribution in [3.05, 3.63) is 63.1 Å². The number of rotatable bonds is 4. The molecular formula is C14H10BrClO2S. The van der Waals surface area contributed by atoms with Gasteiger partial charge in [-0.15, -0.1) is 11.8 Å². The molecule has 0 aliphatic heterocycles. The summed E-state index contributed by atoms with van der Waals surface area (Å²) in [7, 11) is 0. The van der Waals surface area contributed by atoms with Gasteiger partial charge in [0.1, 0.15) is 0 Å². The normalized spacial score (nSPS) is 10.4. The molecule has 98 valence electrons. The molecule has 0 aliphatic rings. The zero-order valence-electron chi connectivity index (χ0n) is 9.77. The van der Waals surface area contributed by atoms with E-state index in [4.69, 9.17) is 16.7 Å². The molecule has 2 rings (SSSR count). The van der Waals surface area contributed by atoms with Crippen LogP contribution in [0, 0.1) is 0 Å². The predicted octanol–water partition coefficient (Wildman–Crippen LogP) is 5.09. The number of hydrogen-bond acceptors (Lipinski definition) is 2. The lowest BCUT2D eigenvalue weighted by atomic mass is 10.2. The van der Waals surface area contributed by atoms with Crippen molar-refractivity contribution in [2.24, 2.45) is 0 Å². The zero-order chi connectivity index (χ0) is 13.8. The van der Waals surface area contributed by atoms with Crippen LogP contribution in [0.1, 0.15) is 15.9 Å². The molecule has 0 unspecified atom stereocenters. The van der Waals surface area contributed by atoms with E-state index in [-0.39, 0.29) is 0 Å². The number of aromatic carboxylic acids is 1. The van der Waals surface area contributed by atoms with Crippen LogP contribution in [0.15, 0.2) is 51.8 Å². The Morgan fingerprint density at radius 1 is 1.26 bits per heavy atom. The molecule has 2 aromatic carbocycles. The van der Waals surface area contributed by atoms with Gasteiger partial charge >= 0.3 is 5.97 Å². The van der Waals surface area contributed by atoms with E-state index >= 15 is 0 Å². The van der Waals surface area contributed by atoms with E-state index in [1.165, 1.54) is 11.8 Å². The quantitative estimate of drug-likeness (QED) is 0.774. The zero-order valence-corrected chi connectivity index (χ0v) is 12.9. The first-order chi connectivity index (χ1) is 9.08. The highest BCUT2D eigenvalue weighted by Gasteiger charge is 2.11. The highest BCUT2D eigenvalue weighted by Crippen LogP contribution is 2.31. The fourth-order valence-corrected chi connectivity index (χ4v) is 3.44. The Bertz CT molecular complexity index is 616. The molecule has 0 amide bonds. The molecular weight excluding hydrogens is 348 g/mol. The van der Waals surface area contributed by atoms with Gasteiger partial charge in [-0.2, -0.15) is 0 Å². The van der Waals surface area contributed by atoms with Crippen molar-refractivity contribution in [3.63, 3.8) is 0 Å². The summed E-state index contributed by atoms with van der Waals surface area (Å²) in [5.74, 6) is -0.287. The van der Waals surface area contributed by atoms with Crippen LogP contribution in [0.25, 0.3) is 0 Å². The lowest BCUT2D eigenvalue weighted by molar-refractivity contribution is 0.0693. The third kappa shape index (κ3) is 3.75. The molecule has 19 heavy (non-hydrogen) atoms. The average Bonchev–Trinajstić information content (AvgIpc) is 2.37. The summed E-state index contributed by atoms with van der Waals surface area (Å²) in [6.45, 7) is 0. The third-order valence-corrected chi connectivity index (χ3v) is 4.48. The summed E-state index contributed by atoms with van der Waals surface area (Å²) in [6, 6.07) is 12.7. The third-order valence-electron chi connectivity index (χ3n) is 2.52. The van der Waals surface area contributed by atoms with Gasteiger partial charge in [0.2, 0.25) is 0 Å². The van der Waals surface area contributed by atoms with Crippen LogP contribution in [-0.2, 0) is 5.75 Å². The molecule has 0 aromatic heterocycles. The number of carboxylic acid groups (broad SMARTS) is 1. The maximum absolute atomic E-state index is 11.2. The summed E-state index contributed by atoms with van der Waals surface area (Å²) >= 11 is 10.9. The second-order valence-electron chi connectivity index (χ2n) is 3.83. The van der Waals surface area contributed by atoms with Crippen molar-refractivity contribution in [1.29, 1.82) is 0 Å². The SMILES string of the molecule is O=C(O)c1ccc(Br)cc1SCc1ccccc1Cl. The van der Waals surface area contributed by atoms with Gasteiger partial charge in [-0.25, -0.2) is 4.79 Å². The number of thioether (sulfide) groups is 1. The minimum atomic E-state index is -0.922. The van der Waals surface area contributed by atoms with Gasteiger partial charge in [-0.1, -0.05) is 45.7 Å². The Morgan fingerprint density at radius 3 is 2.68 bits per heavy atom. The molecule has 0 fully saturated rings.